The molecule has 2 rings (SSSR count). The fourth-order valence-corrected chi connectivity index (χ4v) is 2.43. The first-order valence-electron chi connectivity index (χ1n) is 4.30. The van der Waals surface area contributed by atoms with E-state index in [1.54, 1.807) is 0 Å². The average Bonchev–Trinajstić information content (AvgIpc) is 2.29. The zero-order valence-corrected chi connectivity index (χ0v) is 8.55. The van der Waals surface area contributed by atoms with Gasteiger partial charge < -0.3 is 4.31 Å². The molecule has 1 aliphatic heterocycles. The van der Waals surface area contributed by atoms with Crippen LogP contribution in [0.3, 0.4) is 0 Å². The summed E-state index contributed by atoms with van der Waals surface area (Å²) in [6.45, 7) is 0. The van der Waals surface area contributed by atoms with Crippen LogP contribution in [0.2, 0.25) is 0 Å². The van der Waals surface area contributed by atoms with E-state index in [0.29, 0.717) is 0 Å². The minimum atomic E-state index is -0.0109. The van der Waals surface area contributed by atoms with Gasteiger partial charge in [0, 0.05) is 12.7 Å². The van der Waals surface area contributed by atoms with Gasteiger partial charge in [0.15, 0.2) is 0 Å². The van der Waals surface area contributed by atoms with Crippen molar-refractivity contribution in [3.05, 3.63) is 41.3 Å². The number of para-hydroxylation sites is 1. The lowest BCUT2D eigenvalue weighted by Gasteiger charge is -2.20. The van der Waals surface area contributed by atoms with E-state index in [9.17, 15) is 0 Å². The number of hydrogen-bond donors (Lipinski definition) is 0. The van der Waals surface area contributed by atoms with Crippen LogP contribution in [-0.2, 0) is 6.42 Å². The molecule has 0 fully saturated rings. The number of rotatable bonds is 0. The molecule has 0 saturated carbocycles. The van der Waals surface area contributed by atoms with Gasteiger partial charge in [-0.15, -0.1) is 0 Å². The standard InChI is InChI=1S/C11H13NS/c1-12-11-8-4-3-6-10(11)7-5-9-13(12)2/h3-6,8-9H,2,7H2,1H3. The van der Waals surface area contributed by atoms with Gasteiger partial charge in [-0.3, -0.25) is 0 Å². The fraction of sp³-hybridized carbons (Fsp3) is 0.182. The van der Waals surface area contributed by atoms with Crippen LogP contribution in [0.5, 0.6) is 0 Å². The average molecular weight is 191 g/mol. The van der Waals surface area contributed by atoms with Gasteiger partial charge in [0.25, 0.3) is 0 Å². The molecular weight excluding hydrogens is 178 g/mol. The fourth-order valence-electron chi connectivity index (χ4n) is 1.49. The lowest BCUT2D eigenvalue weighted by Crippen LogP contribution is -2.08. The summed E-state index contributed by atoms with van der Waals surface area (Å²) >= 11 is 0. The third-order valence-electron chi connectivity index (χ3n) is 2.27. The summed E-state index contributed by atoms with van der Waals surface area (Å²) in [7, 11) is 2.09. The number of anilines is 1. The number of benzene rings is 1. The predicted octanol–water partition coefficient (Wildman–Crippen LogP) is 2.81. The highest BCUT2D eigenvalue weighted by molar-refractivity contribution is 8.17. The summed E-state index contributed by atoms with van der Waals surface area (Å²) in [6, 6.07) is 8.51. The predicted molar refractivity (Wildman–Crippen MR) is 62.4 cm³/mol. The third-order valence-corrected chi connectivity index (χ3v) is 3.68. The molecular formula is C11H13NS. The first kappa shape index (κ1) is 8.57. The van der Waals surface area contributed by atoms with Crippen molar-refractivity contribution in [2.75, 3.05) is 11.4 Å². The van der Waals surface area contributed by atoms with E-state index in [4.69, 9.17) is 0 Å². The Kier molecular flexibility index (Phi) is 2.23. The second kappa shape index (κ2) is 3.38. The Morgan fingerprint density at radius 3 is 3.00 bits per heavy atom. The number of hydrogen-bond acceptors (Lipinski definition) is 1. The number of nitrogens with zero attached hydrogens (tertiary/aromatic N) is 1. The molecule has 68 valence electrons. The molecule has 0 bridgehead atoms. The quantitative estimate of drug-likeness (QED) is 0.570. The van der Waals surface area contributed by atoms with Gasteiger partial charge in [-0.05, 0) is 23.5 Å². The Balaban J connectivity index is 2.52. The van der Waals surface area contributed by atoms with Crippen molar-refractivity contribution < 1.29 is 0 Å². The summed E-state index contributed by atoms with van der Waals surface area (Å²) in [4.78, 5) is 0. The van der Waals surface area contributed by atoms with Crippen molar-refractivity contribution in [1.29, 1.82) is 0 Å². The monoisotopic (exact) mass is 191 g/mol. The summed E-state index contributed by atoms with van der Waals surface area (Å²) in [6.07, 6.45) is 3.23. The maximum absolute atomic E-state index is 4.10. The highest BCUT2D eigenvalue weighted by atomic mass is 32.2. The Hall–Kier alpha value is -1.02. The zero-order chi connectivity index (χ0) is 9.26. The van der Waals surface area contributed by atoms with Crippen LogP contribution in [0.25, 0.3) is 0 Å². The molecule has 0 aliphatic carbocycles. The van der Waals surface area contributed by atoms with E-state index >= 15 is 0 Å². The first-order valence-corrected chi connectivity index (χ1v) is 5.71. The van der Waals surface area contributed by atoms with Crippen LogP contribution in [0.15, 0.2) is 35.7 Å². The lowest BCUT2D eigenvalue weighted by molar-refractivity contribution is 1.24. The summed E-state index contributed by atoms with van der Waals surface area (Å²) in [5, 5.41) is 2.18. The van der Waals surface area contributed by atoms with Crippen molar-refractivity contribution in [2.45, 2.75) is 6.42 Å². The minimum absolute atomic E-state index is 0.0109. The van der Waals surface area contributed by atoms with Crippen LogP contribution in [0, 0.1) is 0 Å². The third kappa shape index (κ3) is 1.54. The molecule has 0 radical (unpaired) electrons. The molecule has 1 atom stereocenters. The molecule has 1 unspecified atom stereocenters. The van der Waals surface area contributed by atoms with Gasteiger partial charge in [0.05, 0.1) is 0 Å². The molecule has 1 aromatic carbocycles. The van der Waals surface area contributed by atoms with Crippen molar-refractivity contribution >= 4 is 22.2 Å². The summed E-state index contributed by atoms with van der Waals surface area (Å²) in [5.74, 6) is 4.10. The van der Waals surface area contributed by atoms with Crippen molar-refractivity contribution in [3.63, 3.8) is 0 Å². The topological polar surface area (TPSA) is 3.24 Å². The van der Waals surface area contributed by atoms with Crippen molar-refractivity contribution in [2.24, 2.45) is 0 Å². The molecule has 1 heterocycles. The molecule has 2 heteroatoms. The summed E-state index contributed by atoms with van der Waals surface area (Å²) in [5.41, 5.74) is 2.70. The second-order valence-electron chi connectivity index (χ2n) is 3.10. The molecule has 1 aliphatic rings. The van der Waals surface area contributed by atoms with E-state index in [1.165, 1.54) is 11.3 Å². The largest absolute Gasteiger partial charge is 0.322 e. The number of fused-ring (bicyclic) bond motifs is 1. The van der Waals surface area contributed by atoms with Crippen LogP contribution < -0.4 is 4.31 Å². The lowest BCUT2D eigenvalue weighted by atomic mass is 10.1. The smallest absolute Gasteiger partial charge is 0.0499 e. The highest BCUT2D eigenvalue weighted by Crippen LogP contribution is 2.32. The Morgan fingerprint density at radius 1 is 1.38 bits per heavy atom. The van der Waals surface area contributed by atoms with Gasteiger partial charge in [0.1, 0.15) is 0 Å². The Labute approximate surface area is 81.8 Å². The summed E-state index contributed by atoms with van der Waals surface area (Å²) < 4.78 is 2.23. The Bertz CT molecular complexity index is 368. The Morgan fingerprint density at radius 2 is 2.15 bits per heavy atom. The maximum atomic E-state index is 4.10. The molecule has 0 N–H and O–H groups in total. The van der Waals surface area contributed by atoms with Gasteiger partial charge in [0.2, 0.25) is 0 Å². The number of allylic oxidation sites excluding steroid dienone is 1. The second-order valence-corrected chi connectivity index (χ2v) is 4.73. The normalized spacial score (nSPS) is 21.0. The molecule has 1 nitrogen and oxygen atoms in total. The van der Waals surface area contributed by atoms with Crippen LogP contribution in [-0.4, -0.2) is 12.9 Å². The van der Waals surface area contributed by atoms with E-state index in [-0.39, 0.29) is 10.7 Å². The molecule has 1 aromatic rings. The molecule has 0 amide bonds. The molecule has 13 heavy (non-hydrogen) atoms. The van der Waals surface area contributed by atoms with E-state index in [0.717, 1.165) is 6.42 Å². The SMILES string of the molecule is C=S1C=CCc2ccccc2N1C. The van der Waals surface area contributed by atoms with Crippen LogP contribution in [0.4, 0.5) is 5.69 Å². The molecule has 0 aromatic heterocycles. The van der Waals surface area contributed by atoms with E-state index in [2.05, 4.69) is 53.0 Å². The molecule has 0 spiro atoms. The van der Waals surface area contributed by atoms with Crippen molar-refractivity contribution in [1.82, 2.24) is 0 Å². The van der Waals surface area contributed by atoms with Crippen LogP contribution >= 0.6 is 10.7 Å². The van der Waals surface area contributed by atoms with E-state index in [1.807, 2.05) is 0 Å². The van der Waals surface area contributed by atoms with Crippen molar-refractivity contribution in [3.8, 4) is 0 Å². The molecule has 0 saturated heterocycles. The highest BCUT2D eigenvalue weighted by Gasteiger charge is 2.08. The first-order chi connectivity index (χ1) is 6.29. The van der Waals surface area contributed by atoms with Crippen LogP contribution in [0.1, 0.15) is 5.56 Å². The van der Waals surface area contributed by atoms with Gasteiger partial charge in [-0.25, -0.2) is 0 Å². The van der Waals surface area contributed by atoms with Gasteiger partial charge >= 0.3 is 0 Å². The van der Waals surface area contributed by atoms with E-state index < -0.39 is 0 Å². The maximum Gasteiger partial charge on any atom is 0.0499 e. The van der Waals surface area contributed by atoms with Gasteiger partial charge in [-0.2, -0.15) is 0 Å². The zero-order valence-electron chi connectivity index (χ0n) is 7.73. The minimum Gasteiger partial charge on any atom is -0.322 e. The van der Waals surface area contributed by atoms with Gasteiger partial charge in [-0.1, -0.05) is 40.8 Å².